The molecule has 142 valence electrons. The zero-order valence-electron chi connectivity index (χ0n) is 14.9. The van der Waals surface area contributed by atoms with Gasteiger partial charge in [-0.05, 0) is 37.0 Å². The predicted octanol–water partition coefficient (Wildman–Crippen LogP) is 3.60. The smallest absolute Gasteiger partial charge is 0.277 e. The zero-order valence-corrected chi connectivity index (χ0v) is 14.9. The number of nitrogens with zero attached hydrogens (tertiary/aromatic N) is 3. The van der Waals surface area contributed by atoms with Crippen LogP contribution in [0.5, 0.6) is 5.88 Å². The Balaban J connectivity index is 1.55. The van der Waals surface area contributed by atoms with E-state index in [4.69, 9.17) is 4.74 Å². The highest BCUT2D eigenvalue weighted by Crippen LogP contribution is 2.37. The summed E-state index contributed by atoms with van der Waals surface area (Å²) in [6, 6.07) is 12.5. The fourth-order valence-electron chi connectivity index (χ4n) is 3.34. The van der Waals surface area contributed by atoms with E-state index >= 15 is 0 Å². The lowest BCUT2D eigenvalue weighted by molar-refractivity contribution is 0.0793. The molecule has 1 aromatic heterocycles. The van der Waals surface area contributed by atoms with Crippen LogP contribution in [0.15, 0.2) is 42.5 Å². The molecule has 0 unspecified atom stereocenters. The molecular formula is C20H21F2N3O2. The van der Waals surface area contributed by atoms with Gasteiger partial charge in [0.05, 0.1) is 11.4 Å². The maximum absolute atomic E-state index is 13.0. The number of amides is 1. The van der Waals surface area contributed by atoms with Crippen LogP contribution in [0, 0.1) is 5.92 Å². The lowest BCUT2D eigenvalue weighted by atomic mass is 10.1. The lowest BCUT2D eigenvalue weighted by Crippen LogP contribution is -2.45. The van der Waals surface area contributed by atoms with Gasteiger partial charge in [0, 0.05) is 25.7 Å². The van der Waals surface area contributed by atoms with E-state index in [-0.39, 0.29) is 17.5 Å². The van der Waals surface area contributed by atoms with Gasteiger partial charge in [-0.15, -0.1) is 0 Å². The van der Waals surface area contributed by atoms with Gasteiger partial charge in [-0.1, -0.05) is 18.2 Å². The topological polar surface area (TPSA) is 45.7 Å². The Kier molecular flexibility index (Phi) is 4.92. The first-order chi connectivity index (χ1) is 13.1. The predicted molar refractivity (Wildman–Crippen MR) is 98.8 cm³/mol. The van der Waals surface area contributed by atoms with Gasteiger partial charge in [-0.2, -0.15) is 0 Å². The Bertz CT molecular complexity index is 826. The maximum atomic E-state index is 13.0. The third kappa shape index (κ3) is 4.02. The molecule has 2 aromatic rings. The number of carbonyl (C=O) groups excluding carboxylic acids is 1. The van der Waals surface area contributed by atoms with Crippen molar-refractivity contribution in [3.05, 3.63) is 48.2 Å². The zero-order chi connectivity index (χ0) is 18.8. The minimum Gasteiger partial charge on any atom is -0.472 e. The third-order valence-corrected chi connectivity index (χ3v) is 4.83. The van der Waals surface area contributed by atoms with Crippen LogP contribution in [0.4, 0.5) is 20.2 Å². The molecule has 1 aromatic carbocycles. The van der Waals surface area contributed by atoms with Gasteiger partial charge in [0.1, 0.15) is 5.69 Å². The first-order valence-electron chi connectivity index (χ1n) is 9.15. The highest BCUT2D eigenvalue weighted by atomic mass is 19.3. The van der Waals surface area contributed by atoms with E-state index in [9.17, 15) is 13.6 Å². The van der Waals surface area contributed by atoms with E-state index in [0.717, 1.165) is 30.4 Å². The molecule has 1 aliphatic carbocycles. The second-order valence-electron chi connectivity index (χ2n) is 6.90. The van der Waals surface area contributed by atoms with Crippen molar-refractivity contribution in [3.8, 4) is 5.88 Å². The summed E-state index contributed by atoms with van der Waals surface area (Å²) in [7, 11) is 0. The molecule has 7 heteroatoms. The number of anilines is 2. The van der Waals surface area contributed by atoms with Crippen LogP contribution in [-0.2, 0) is 0 Å². The third-order valence-electron chi connectivity index (χ3n) is 4.83. The summed E-state index contributed by atoms with van der Waals surface area (Å²) in [4.78, 5) is 21.2. The Morgan fingerprint density at radius 1 is 1.11 bits per heavy atom. The molecule has 27 heavy (non-hydrogen) atoms. The first-order valence-corrected chi connectivity index (χ1v) is 9.15. The maximum Gasteiger partial charge on any atom is 0.277 e. The number of aromatic nitrogens is 1. The Morgan fingerprint density at radius 2 is 1.89 bits per heavy atom. The molecule has 1 aliphatic heterocycles. The lowest BCUT2D eigenvalue weighted by Gasteiger charge is -2.37. The van der Waals surface area contributed by atoms with E-state index in [2.05, 4.69) is 9.88 Å². The summed E-state index contributed by atoms with van der Waals surface area (Å²) in [5, 5.41) is 0. The van der Waals surface area contributed by atoms with Crippen molar-refractivity contribution in [2.45, 2.75) is 19.3 Å². The number of carbonyl (C=O) groups is 1. The molecule has 0 atom stereocenters. The number of hydrogen-bond donors (Lipinski definition) is 0. The molecule has 0 saturated heterocycles. The number of hydrogen-bond acceptors (Lipinski definition) is 4. The molecule has 1 saturated carbocycles. The second-order valence-corrected chi connectivity index (χ2v) is 6.90. The fraction of sp³-hybridized carbons (Fsp3) is 0.400. The normalized spacial score (nSPS) is 16.4. The van der Waals surface area contributed by atoms with E-state index in [1.807, 2.05) is 24.3 Å². The van der Waals surface area contributed by atoms with Gasteiger partial charge >= 0.3 is 0 Å². The molecule has 1 fully saturated rings. The van der Waals surface area contributed by atoms with Crippen molar-refractivity contribution in [3.63, 3.8) is 0 Å². The molecule has 0 radical (unpaired) electrons. The summed E-state index contributed by atoms with van der Waals surface area (Å²) in [6.07, 6.45) is -0.0367. The first kappa shape index (κ1) is 17.7. The molecule has 0 N–H and O–H groups in total. The molecule has 2 heterocycles. The van der Waals surface area contributed by atoms with Crippen LogP contribution in [-0.4, -0.2) is 43.6 Å². The second kappa shape index (κ2) is 7.50. The quantitative estimate of drug-likeness (QED) is 0.776. The van der Waals surface area contributed by atoms with Crippen molar-refractivity contribution in [1.29, 1.82) is 0 Å². The number of benzene rings is 1. The molecule has 0 bridgehead atoms. The van der Waals surface area contributed by atoms with Crippen LogP contribution in [0.3, 0.4) is 0 Å². The summed E-state index contributed by atoms with van der Waals surface area (Å²) in [5.74, 6) is 0.531. The van der Waals surface area contributed by atoms with Crippen LogP contribution in [0.1, 0.15) is 23.3 Å². The highest BCUT2D eigenvalue weighted by molar-refractivity contribution is 6.07. The van der Waals surface area contributed by atoms with Crippen molar-refractivity contribution >= 4 is 17.3 Å². The van der Waals surface area contributed by atoms with E-state index in [1.165, 1.54) is 18.9 Å². The fourth-order valence-corrected chi connectivity index (χ4v) is 3.34. The van der Waals surface area contributed by atoms with Crippen molar-refractivity contribution in [2.24, 2.45) is 5.92 Å². The minimum atomic E-state index is -2.59. The number of rotatable bonds is 6. The monoisotopic (exact) mass is 373 g/mol. The standard InChI is InChI=1S/C20H21F2N3O2/c21-18(22)13-27-19-7-3-4-15(23-19)20(26)25-11-10-24(12-14-8-9-14)16-5-1-2-6-17(16)25/h1-7,14,18H,8-13H2. The average Bonchev–Trinajstić information content (AvgIpc) is 3.50. The van der Waals surface area contributed by atoms with Crippen LogP contribution >= 0.6 is 0 Å². The van der Waals surface area contributed by atoms with Crippen molar-refractivity contribution in [1.82, 2.24) is 4.98 Å². The molecular weight excluding hydrogens is 352 g/mol. The minimum absolute atomic E-state index is 0.0294. The van der Waals surface area contributed by atoms with Gasteiger partial charge in [0.15, 0.2) is 6.61 Å². The van der Waals surface area contributed by atoms with Gasteiger partial charge in [-0.25, -0.2) is 13.8 Å². The number of pyridine rings is 1. The van der Waals surface area contributed by atoms with Gasteiger partial charge in [0.25, 0.3) is 12.3 Å². The summed E-state index contributed by atoms with van der Waals surface area (Å²) in [6.45, 7) is 1.61. The van der Waals surface area contributed by atoms with Crippen molar-refractivity contribution in [2.75, 3.05) is 36.0 Å². The molecule has 0 spiro atoms. The number of halogens is 2. The Morgan fingerprint density at radius 3 is 2.63 bits per heavy atom. The number of fused-ring (bicyclic) bond motifs is 1. The molecule has 1 amide bonds. The highest BCUT2D eigenvalue weighted by Gasteiger charge is 2.31. The van der Waals surface area contributed by atoms with Crippen molar-refractivity contribution < 1.29 is 18.3 Å². The number of alkyl halides is 2. The van der Waals surface area contributed by atoms with Gasteiger partial charge < -0.3 is 14.5 Å². The Labute approximate surface area is 156 Å². The molecule has 4 rings (SSSR count). The van der Waals surface area contributed by atoms with E-state index in [1.54, 1.807) is 17.0 Å². The summed E-state index contributed by atoms with van der Waals surface area (Å²) >= 11 is 0. The largest absolute Gasteiger partial charge is 0.472 e. The summed E-state index contributed by atoms with van der Waals surface area (Å²) < 4.78 is 29.6. The van der Waals surface area contributed by atoms with Crippen LogP contribution in [0.25, 0.3) is 0 Å². The summed E-state index contributed by atoms with van der Waals surface area (Å²) in [5.41, 5.74) is 2.09. The van der Waals surface area contributed by atoms with E-state index < -0.39 is 13.0 Å². The van der Waals surface area contributed by atoms with Gasteiger partial charge in [0.2, 0.25) is 5.88 Å². The van der Waals surface area contributed by atoms with Gasteiger partial charge in [-0.3, -0.25) is 4.79 Å². The van der Waals surface area contributed by atoms with Crippen LogP contribution < -0.4 is 14.5 Å². The number of ether oxygens (including phenoxy) is 1. The Hall–Kier alpha value is -2.70. The van der Waals surface area contributed by atoms with E-state index in [0.29, 0.717) is 6.54 Å². The average molecular weight is 373 g/mol. The number of para-hydroxylation sites is 2. The molecule has 2 aliphatic rings. The van der Waals surface area contributed by atoms with Crippen LogP contribution in [0.2, 0.25) is 0 Å². The SMILES string of the molecule is O=C(c1cccc(OCC(F)F)n1)N1CCN(CC2CC2)c2ccccc21. The molecule has 5 nitrogen and oxygen atoms in total.